The zero-order valence-electron chi connectivity index (χ0n) is 10.7. The number of carbonyl (C=O) groups is 2. The number of amides is 1. The Bertz CT molecular complexity index is 589. The topological polar surface area (TPSA) is 98.5 Å². The molecule has 0 unspecified atom stereocenters. The van der Waals surface area contributed by atoms with Gasteiger partial charge < -0.3 is 10.1 Å². The molecule has 20 heavy (non-hydrogen) atoms. The highest BCUT2D eigenvalue weighted by atomic mass is 16.6. The highest BCUT2D eigenvalue weighted by Gasteiger charge is 2.19. The van der Waals surface area contributed by atoms with Crippen molar-refractivity contribution >= 4 is 17.6 Å². The maximum absolute atomic E-state index is 11.8. The minimum atomic E-state index is -0.804. The van der Waals surface area contributed by atoms with E-state index in [2.05, 4.69) is 11.2 Å². The molecule has 0 atom stereocenters. The summed E-state index contributed by atoms with van der Waals surface area (Å²) in [6.07, 6.45) is 4.95. The Labute approximate surface area is 115 Å². The molecule has 0 aromatic heterocycles. The lowest BCUT2D eigenvalue weighted by Gasteiger charge is -2.07. The van der Waals surface area contributed by atoms with Crippen molar-refractivity contribution in [1.82, 2.24) is 5.32 Å². The first-order valence-electron chi connectivity index (χ1n) is 5.58. The lowest BCUT2D eigenvalue weighted by atomic mass is 10.1. The maximum atomic E-state index is 11.8. The number of ether oxygens (including phenoxy) is 1. The first-order chi connectivity index (χ1) is 9.47. The summed E-state index contributed by atoms with van der Waals surface area (Å²) >= 11 is 0. The van der Waals surface area contributed by atoms with Crippen LogP contribution in [0.5, 0.6) is 0 Å². The molecule has 104 valence electrons. The van der Waals surface area contributed by atoms with Crippen molar-refractivity contribution < 1.29 is 19.2 Å². The van der Waals surface area contributed by atoms with Crippen LogP contribution in [0.1, 0.15) is 15.9 Å². The van der Waals surface area contributed by atoms with E-state index in [1.165, 1.54) is 25.1 Å². The van der Waals surface area contributed by atoms with E-state index in [0.717, 1.165) is 0 Å². The smallest absolute Gasteiger partial charge is 0.339 e. The average Bonchev–Trinajstić information content (AvgIpc) is 2.42. The molecule has 0 saturated carbocycles. The number of nitro benzene ring substituents is 1. The number of nitrogens with zero attached hydrogens (tertiary/aromatic N) is 1. The van der Waals surface area contributed by atoms with Crippen LogP contribution in [0.4, 0.5) is 5.69 Å². The van der Waals surface area contributed by atoms with Gasteiger partial charge in [0.15, 0.2) is 6.61 Å². The van der Waals surface area contributed by atoms with Gasteiger partial charge in [-0.25, -0.2) is 4.79 Å². The molecule has 1 rings (SSSR count). The van der Waals surface area contributed by atoms with Crippen molar-refractivity contribution in [2.75, 3.05) is 13.2 Å². The van der Waals surface area contributed by atoms with E-state index in [1.54, 1.807) is 0 Å². The third-order valence-corrected chi connectivity index (χ3v) is 2.44. The molecule has 1 aromatic rings. The maximum Gasteiger partial charge on any atom is 0.339 e. The van der Waals surface area contributed by atoms with Gasteiger partial charge in [-0.05, 0) is 13.0 Å². The van der Waals surface area contributed by atoms with Gasteiger partial charge in [0.25, 0.3) is 11.6 Å². The Kier molecular flexibility index (Phi) is 5.23. The summed E-state index contributed by atoms with van der Waals surface area (Å²) in [7, 11) is 0. The molecule has 0 heterocycles. The van der Waals surface area contributed by atoms with Crippen LogP contribution in [0.25, 0.3) is 0 Å². The number of nitro groups is 1. The Hall–Kier alpha value is -2.88. The van der Waals surface area contributed by atoms with Crippen molar-refractivity contribution in [2.45, 2.75) is 6.92 Å². The standard InChI is InChI=1S/C13H12N2O5/c1-3-7-14-12(16)8-20-13(17)10-5-4-6-11(9(10)2)15(18)19/h1,4-6H,7-8H2,2H3,(H,14,16). The third kappa shape index (κ3) is 3.81. The number of nitrogens with one attached hydrogen (secondary N) is 1. The summed E-state index contributed by atoms with van der Waals surface area (Å²) in [4.78, 5) is 33.1. The predicted molar refractivity (Wildman–Crippen MR) is 70.0 cm³/mol. The normalized spacial score (nSPS) is 9.40. The molecule has 0 aliphatic rings. The van der Waals surface area contributed by atoms with Crippen molar-refractivity contribution in [1.29, 1.82) is 0 Å². The van der Waals surface area contributed by atoms with Gasteiger partial charge in [0.2, 0.25) is 0 Å². The Morgan fingerprint density at radius 3 is 2.80 bits per heavy atom. The molecule has 7 heteroatoms. The van der Waals surface area contributed by atoms with Crippen molar-refractivity contribution in [3.63, 3.8) is 0 Å². The number of esters is 1. The second kappa shape index (κ2) is 6.89. The van der Waals surface area contributed by atoms with E-state index < -0.39 is 23.4 Å². The van der Waals surface area contributed by atoms with Crippen LogP contribution in [0, 0.1) is 29.4 Å². The SMILES string of the molecule is C#CCNC(=O)COC(=O)c1cccc([N+](=O)[O-])c1C. The second-order valence-electron chi connectivity index (χ2n) is 3.76. The van der Waals surface area contributed by atoms with Gasteiger partial charge >= 0.3 is 5.97 Å². The quantitative estimate of drug-likeness (QED) is 0.371. The zero-order chi connectivity index (χ0) is 15.1. The minimum Gasteiger partial charge on any atom is -0.452 e. The van der Waals surface area contributed by atoms with Crippen LogP contribution < -0.4 is 5.32 Å². The number of benzene rings is 1. The minimum absolute atomic E-state index is 0.0339. The van der Waals surface area contributed by atoms with Crippen molar-refractivity contribution in [3.05, 3.63) is 39.4 Å². The molecule has 0 spiro atoms. The number of hydrogen-bond acceptors (Lipinski definition) is 5. The molecule has 1 aromatic carbocycles. The largest absolute Gasteiger partial charge is 0.452 e. The number of rotatable bonds is 5. The summed E-state index contributed by atoms with van der Waals surface area (Å²) < 4.78 is 4.76. The fourth-order valence-corrected chi connectivity index (χ4v) is 1.45. The van der Waals surface area contributed by atoms with Gasteiger partial charge in [0.05, 0.1) is 17.0 Å². The fourth-order valence-electron chi connectivity index (χ4n) is 1.45. The van der Waals surface area contributed by atoms with E-state index in [4.69, 9.17) is 11.2 Å². The van der Waals surface area contributed by atoms with Gasteiger partial charge in [-0.1, -0.05) is 12.0 Å². The lowest BCUT2D eigenvalue weighted by molar-refractivity contribution is -0.385. The molecule has 0 aliphatic carbocycles. The predicted octanol–water partition coefficient (Wildman–Crippen LogP) is 0.809. The van der Waals surface area contributed by atoms with Crippen molar-refractivity contribution in [2.24, 2.45) is 0 Å². The molecule has 0 aliphatic heterocycles. The number of carbonyl (C=O) groups excluding carboxylic acids is 2. The first-order valence-corrected chi connectivity index (χ1v) is 5.58. The van der Waals surface area contributed by atoms with Crippen LogP contribution in [0.3, 0.4) is 0 Å². The van der Waals surface area contributed by atoms with Crippen molar-refractivity contribution in [3.8, 4) is 12.3 Å². The van der Waals surface area contributed by atoms with E-state index in [1.807, 2.05) is 0 Å². The van der Waals surface area contributed by atoms with Gasteiger partial charge in [0, 0.05) is 11.6 Å². The Morgan fingerprint density at radius 1 is 1.50 bits per heavy atom. The molecule has 1 amide bonds. The summed E-state index contributed by atoms with van der Waals surface area (Å²) in [6.45, 7) is 0.974. The summed E-state index contributed by atoms with van der Waals surface area (Å²) in [5.41, 5.74) is 0.0479. The Balaban J connectivity index is 2.74. The highest BCUT2D eigenvalue weighted by molar-refractivity contribution is 5.93. The number of hydrogen-bond donors (Lipinski definition) is 1. The molecule has 7 nitrogen and oxygen atoms in total. The Morgan fingerprint density at radius 2 is 2.20 bits per heavy atom. The molecule has 1 N–H and O–H groups in total. The molecular weight excluding hydrogens is 264 g/mol. The second-order valence-corrected chi connectivity index (χ2v) is 3.76. The van der Waals surface area contributed by atoms with Gasteiger partial charge in [-0.15, -0.1) is 6.42 Å². The summed E-state index contributed by atoms with van der Waals surface area (Å²) in [6, 6.07) is 4.05. The summed E-state index contributed by atoms with van der Waals surface area (Å²) in [5.74, 6) is 0.854. The monoisotopic (exact) mass is 276 g/mol. The van der Waals surface area contributed by atoms with Crippen LogP contribution in [-0.2, 0) is 9.53 Å². The van der Waals surface area contributed by atoms with Gasteiger partial charge in [-0.2, -0.15) is 0 Å². The van der Waals surface area contributed by atoms with E-state index in [9.17, 15) is 19.7 Å². The molecule has 0 radical (unpaired) electrons. The lowest BCUT2D eigenvalue weighted by Crippen LogP contribution is -2.29. The molecule has 0 saturated heterocycles. The third-order valence-electron chi connectivity index (χ3n) is 2.44. The van der Waals surface area contributed by atoms with E-state index >= 15 is 0 Å². The molecular formula is C13H12N2O5. The highest BCUT2D eigenvalue weighted by Crippen LogP contribution is 2.21. The number of terminal acetylenes is 1. The van der Waals surface area contributed by atoms with E-state index in [0.29, 0.717) is 0 Å². The van der Waals surface area contributed by atoms with Crippen LogP contribution >= 0.6 is 0 Å². The van der Waals surface area contributed by atoms with Gasteiger partial charge in [-0.3, -0.25) is 14.9 Å². The first kappa shape index (κ1) is 15.2. The van der Waals surface area contributed by atoms with Gasteiger partial charge in [0.1, 0.15) is 0 Å². The molecule has 0 fully saturated rings. The summed E-state index contributed by atoms with van der Waals surface area (Å²) in [5, 5.41) is 13.1. The fraction of sp³-hybridized carbons (Fsp3) is 0.231. The van der Waals surface area contributed by atoms with Crippen LogP contribution in [-0.4, -0.2) is 30.0 Å². The average molecular weight is 276 g/mol. The van der Waals surface area contributed by atoms with E-state index in [-0.39, 0.29) is 23.4 Å². The zero-order valence-corrected chi connectivity index (χ0v) is 10.7. The van der Waals surface area contributed by atoms with Crippen LogP contribution in [0.15, 0.2) is 18.2 Å². The molecule has 0 bridgehead atoms. The van der Waals surface area contributed by atoms with Crippen LogP contribution in [0.2, 0.25) is 0 Å².